The molecule has 0 unspecified atom stereocenters. The van der Waals surface area contributed by atoms with Crippen LogP contribution in [0.2, 0.25) is 0 Å². The lowest BCUT2D eigenvalue weighted by Gasteiger charge is -2.10. The molecule has 148 valence electrons. The molecule has 0 atom stereocenters. The molecule has 2 amide bonds. The summed E-state index contributed by atoms with van der Waals surface area (Å²) in [6, 6.07) is 12.6. The van der Waals surface area contributed by atoms with E-state index in [9.17, 15) is 18.8 Å². The first-order valence-electron chi connectivity index (χ1n) is 8.66. The number of benzene rings is 2. The van der Waals surface area contributed by atoms with Gasteiger partial charge >= 0.3 is 5.97 Å². The van der Waals surface area contributed by atoms with Crippen molar-refractivity contribution in [1.82, 2.24) is 5.32 Å². The number of para-hydroxylation sites is 1. The monoisotopic (exact) mass is 388 g/mol. The van der Waals surface area contributed by atoms with E-state index < -0.39 is 36.8 Å². The highest BCUT2D eigenvalue weighted by atomic mass is 19.1. The maximum Gasteiger partial charge on any atom is 0.344 e. The van der Waals surface area contributed by atoms with E-state index in [1.807, 2.05) is 19.1 Å². The largest absolute Gasteiger partial charge is 0.482 e. The number of anilines is 1. The molecule has 8 heteroatoms. The summed E-state index contributed by atoms with van der Waals surface area (Å²) in [6.45, 7) is 0.697. The van der Waals surface area contributed by atoms with Crippen LogP contribution in [0, 0.1) is 5.82 Å². The molecule has 0 aliphatic heterocycles. The number of nitrogens with one attached hydrogen (secondary N) is 2. The lowest BCUT2D eigenvalue weighted by Crippen LogP contribution is -2.36. The number of hydrogen-bond acceptors (Lipinski definition) is 5. The predicted molar refractivity (Wildman–Crippen MR) is 100 cm³/mol. The first-order valence-corrected chi connectivity index (χ1v) is 8.66. The molecule has 0 heterocycles. The van der Waals surface area contributed by atoms with E-state index in [4.69, 9.17) is 9.47 Å². The van der Waals surface area contributed by atoms with E-state index in [0.717, 1.165) is 18.1 Å². The lowest BCUT2D eigenvalue weighted by atomic mass is 10.1. The third-order valence-corrected chi connectivity index (χ3v) is 3.64. The fraction of sp³-hybridized carbons (Fsp3) is 0.250. The second-order valence-electron chi connectivity index (χ2n) is 5.74. The number of amides is 2. The molecule has 2 aromatic rings. The third-order valence-electron chi connectivity index (χ3n) is 3.64. The van der Waals surface area contributed by atoms with Crippen molar-refractivity contribution in [3.63, 3.8) is 0 Å². The summed E-state index contributed by atoms with van der Waals surface area (Å²) in [6.07, 6.45) is 0.760. The molecule has 2 aromatic carbocycles. The number of carbonyl (C=O) groups excluding carboxylic acids is 3. The smallest absolute Gasteiger partial charge is 0.344 e. The summed E-state index contributed by atoms with van der Waals surface area (Å²) in [4.78, 5) is 35.2. The Labute approximate surface area is 161 Å². The molecule has 0 spiro atoms. The molecule has 0 aliphatic rings. The summed E-state index contributed by atoms with van der Waals surface area (Å²) < 4.78 is 22.8. The van der Waals surface area contributed by atoms with Crippen molar-refractivity contribution < 1.29 is 28.2 Å². The van der Waals surface area contributed by atoms with Gasteiger partial charge in [-0.05, 0) is 30.2 Å². The Kier molecular flexibility index (Phi) is 7.95. The maximum absolute atomic E-state index is 13.0. The molecule has 0 bridgehead atoms. The van der Waals surface area contributed by atoms with E-state index in [1.54, 1.807) is 12.1 Å². The van der Waals surface area contributed by atoms with Crippen LogP contribution in [0.25, 0.3) is 0 Å². The van der Waals surface area contributed by atoms with Gasteiger partial charge in [0.1, 0.15) is 11.6 Å². The summed E-state index contributed by atoms with van der Waals surface area (Å²) in [5.74, 6) is -2.13. The number of esters is 1. The van der Waals surface area contributed by atoms with Crippen molar-refractivity contribution in [2.75, 3.05) is 25.1 Å². The number of ether oxygens (including phenoxy) is 2. The van der Waals surface area contributed by atoms with E-state index >= 15 is 0 Å². The third kappa shape index (κ3) is 7.06. The number of aryl methyl sites for hydroxylation is 1. The van der Waals surface area contributed by atoms with Gasteiger partial charge in [-0.3, -0.25) is 9.59 Å². The van der Waals surface area contributed by atoms with Crippen LogP contribution in [0.3, 0.4) is 0 Å². The Morgan fingerprint density at radius 3 is 2.54 bits per heavy atom. The normalized spacial score (nSPS) is 10.1. The average Bonchev–Trinajstić information content (AvgIpc) is 2.69. The van der Waals surface area contributed by atoms with Gasteiger partial charge < -0.3 is 20.1 Å². The first kappa shape index (κ1) is 20.9. The van der Waals surface area contributed by atoms with Crippen LogP contribution in [-0.2, 0) is 25.5 Å². The molecule has 0 fully saturated rings. The highest BCUT2D eigenvalue weighted by molar-refractivity contribution is 5.95. The van der Waals surface area contributed by atoms with Crippen LogP contribution >= 0.6 is 0 Å². The zero-order chi connectivity index (χ0) is 20.4. The van der Waals surface area contributed by atoms with Crippen LogP contribution in [0.4, 0.5) is 10.1 Å². The first-order chi connectivity index (χ1) is 13.5. The molecule has 0 saturated carbocycles. The van der Waals surface area contributed by atoms with Crippen LogP contribution in [0.1, 0.15) is 12.5 Å². The van der Waals surface area contributed by atoms with E-state index in [-0.39, 0.29) is 12.3 Å². The Hall–Kier alpha value is -3.42. The van der Waals surface area contributed by atoms with Crippen molar-refractivity contribution in [2.45, 2.75) is 13.3 Å². The van der Waals surface area contributed by atoms with Crippen molar-refractivity contribution in [2.24, 2.45) is 0 Å². The average molecular weight is 388 g/mol. The summed E-state index contributed by atoms with van der Waals surface area (Å²) in [7, 11) is 0. The van der Waals surface area contributed by atoms with Crippen LogP contribution < -0.4 is 15.4 Å². The topological polar surface area (TPSA) is 93.7 Å². The molecule has 0 radical (unpaired) electrons. The van der Waals surface area contributed by atoms with E-state index in [0.29, 0.717) is 5.69 Å². The van der Waals surface area contributed by atoms with Gasteiger partial charge in [-0.1, -0.05) is 31.2 Å². The quantitative estimate of drug-likeness (QED) is 0.642. The Bertz CT molecular complexity index is 841. The molecule has 28 heavy (non-hydrogen) atoms. The summed E-state index contributed by atoms with van der Waals surface area (Å²) in [5, 5.41) is 5.07. The molecular formula is C20H21FN2O5. The van der Waals surface area contributed by atoms with E-state index in [2.05, 4.69) is 10.6 Å². The minimum atomic E-state index is -0.791. The number of halogens is 1. The summed E-state index contributed by atoms with van der Waals surface area (Å²) in [5.41, 5.74) is 1.67. The van der Waals surface area contributed by atoms with Gasteiger partial charge in [0, 0.05) is 11.8 Å². The zero-order valence-electron chi connectivity index (χ0n) is 15.4. The second-order valence-corrected chi connectivity index (χ2v) is 5.74. The molecule has 0 aliphatic carbocycles. The van der Waals surface area contributed by atoms with Crippen molar-refractivity contribution >= 4 is 23.5 Å². The SMILES string of the molecule is CCc1ccccc1NC(=O)CNC(=O)COC(=O)COc1cccc(F)c1. The Morgan fingerprint density at radius 2 is 1.79 bits per heavy atom. The molecule has 2 rings (SSSR count). The van der Waals surface area contributed by atoms with Crippen molar-refractivity contribution in [3.05, 3.63) is 59.9 Å². The lowest BCUT2D eigenvalue weighted by molar-refractivity contribution is -0.150. The van der Waals surface area contributed by atoms with Crippen LogP contribution in [0.5, 0.6) is 5.75 Å². The van der Waals surface area contributed by atoms with Gasteiger partial charge in [0.15, 0.2) is 13.2 Å². The second kappa shape index (κ2) is 10.7. The minimum absolute atomic E-state index is 0.172. The number of hydrogen-bond donors (Lipinski definition) is 2. The molecular weight excluding hydrogens is 367 g/mol. The predicted octanol–water partition coefficient (Wildman–Crippen LogP) is 2.06. The number of rotatable bonds is 9. The highest BCUT2D eigenvalue weighted by Gasteiger charge is 2.11. The van der Waals surface area contributed by atoms with Gasteiger partial charge in [0.25, 0.3) is 5.91 Å². The van der Waals surface area contributed by atoms with Gasteiger partial charge in [0.05, 0.1) is 6.54 Å². The van der Waals surface area contributed by atoms with Gasteiger partial charge in [0.2, 0.25) is 5.91 Å². The fourth-order valence-electron chi connectivity index (χ4n) is 2.26. The Morgan fingerprint density at radius 1 is 1.00 bits per heavy atom. The van der Waals surface area contributed by atoms with Gasteiger partial charge in [-0.15, -0.1) is 0 Å². The molecule has 2 N–H and O–H groups in total. The number of carbonyl (C=O) groups is 3. The van der Waals surface area contributed by atoms with Gasteiger partial charge in [-0.2, -0.15) is 0 Å². The minimum Gasteiger partial charge on any atom is -0.482 e. The fourth-order valence-corrected chi connectivity index (χ4v) is 2.26. The molecule has 0 aromatic heterocycles. The van der Waals surface area contributed by atoms with Crippen LogP contribution in [-0.4, -0.2) is 37.5 Å². The van der Waals surface area contributed by atoms with E-state index in [1.165, 1.54) is 18.2 Å². The maximum atomic E-state index is 13.0. The molecule has 0 saturated heterocycles. The molecule has 7 nitrogen and oxygen atoms in total. The zero-order valence-corrected chi connectivity index (χ0v) is 15.4. The summed E-state index contributed by atoms with van der Waals surface area (Å²) >= 11 is 0. The highest BCUT2D eigenvalue weighted by Crippen LogP contribution is 2.15. The van der Waals surface area contributed by atoms with Crippen LogP contribution in [0.15, 0.2) is 48.5 Å². The Balaban J connectivity index is 1.66. The van der Waals surface area contributed by atoms with Crippen molar-refractivity contribution in [1.29, 1.82) is 0 Å². The standard InChI is InChI=1S/C20H21FN2O5/c1-2-14-6-3-4-9-17(14)23-18(24)11-22-19(25)12-28-20(26)13-27-16-8-5-7-15(21)10-16/h3-10H,2,11-13H2,1H3,(H,22,25)(H,23,24). The van der Waals surface area contributed by atoms with Gasteiger partial charge in [-0.25, -0.2) is 9.18 Å². The van der Waals surface area contributed by atoms with Crippen molar-refractivity contribution in [3.8, 4) is 5.75 Å².